The Balaban J connectivity index is 2.71. The third-order valence-electron chi connectivity index (χ3n) is 1.50. The maximum absolute atomic E-state index is 11.4. The van der Waals surface area contributed by atoms with Gasteiger partial charge in [-0.1, -0.05) is 0 Å². The molecule has 0 radical (unpaired) electrons. The first-order valence-electron chi connectivity index (χ1n) is 4.32. The van der Waals surface area contributed by atoms with Gasteiger partial charge in [0, 0.05) is 12.1 Å². The van der Waals surface area contributed by atoms with Gasteiger partial charge in [0.2, 0.25) is 5.88 Å². The van der Waals surface area contributed by atoms with Crippen molar-refractivity contribution in [3.8, 4) is 5.88 Å². The molecule has 0 aliphatic heterocycles. The highest BCUT2D eigenvalue weighted by Gasteiger charge is 2.08. The van der Waals surface area contributed by atoms with Crippen molar-refractivity contribution < 1.29 is 9.53 Å². The minimum absolute atomic E-state index is 0.0893. The summed E-state index contributed by atoms with van der Waals surface area (Å²) in [6, 6.07) is 3.26. The van der Waals surface area contributed by atoms with E-state index in [9.17, 15) is 4.79 Å². The van der Waals surface area contributed by atoms with Crippen LogP contribution in [-0.2, 0) is 0 Å². The standard InChI is InChI=1S/C9H13N3O2/c1-6(2)10-9(13)7-4-5-8(14-3)12-11-7/h4-6H,1-3H3,(H,10,13). The van der Waals surface area contributed by atoms with Crippen LogP contribution in [0.4, 0.5) is 0 Å². The summed E-state index contributed by atoms with van der Waals surface area (Å²) < 4.78 is 4.82. The topological polar surface area (TPSA) is 64.1 Å². The van der Waals surface area contributed by atoms with Crippen molar-refractivity contribution in [3.05, 3.63) is 17.8 Å². The van der Waals surface area contributed by atoms with Crippen LogP contribution in [0, 0.1) is 0 Å². The second-order valence-corrected chi connectivity index (χ2v) is 3.09. The minimum Gasteiger partial charge on any atom is -0.480 e. The quantitative estimate of drug-likeness (QED) is 0.768. The summed E-state index contributed by atoms with van der Waals surface area (Å²) in [6.45, 7) is 3.77. The highest BCUT2D eigenvalue weighted by molar-refractivity contribution is 5.92. The molecule has 0 aliphatic carbocycles. The first kappa shape index (κ1) is 10.4. The van der Waals surface area contributed by atoms with Gasteiger partial charge in [-0.05, 0) is 19.9 Å². The Morgan fingerprint density at radius 3 is 2.57 bits per heavy atom. The summed E-state index contributed by atoms with van der Waals surface area (Å²) in [6.07, 6.45) is 0. The van der Waals surface area contributed by atoms with Crippen molar-refractivity contribution in [1.29, 1.82) is 0 Å². The summed E-state index contributed by atoms with van der Waals surface area (Å²) in [4.78, 5) is 11.4. The molecule has 5 heteroatoms. The number of aromatic nitrogens is 2. The zero-order chi connectivity index (χ0) is 10.6. The average Bonchev–Trinajstić information content (AvgIpc) is 2.17. The molecular weight excluding hydrogens is 182 g/mol. The summed E-state index contributed by atoms with van der Waals surface area (Å²) >= 11 is 0. The number of nitrogens with zero attached hydrogens (tertiary/aromatic N) is 2. The number of amides is 1. The fraction of sp³-hybridized carbons (Fsp3) is 0.444. The van der Waals surface area contributed by atoms with Crippen molar-refractivity contribution >= 4 is 5.91 Å². The Morgan fingerprint density at radius 2 is 2.14 bits per heavy atom. The molecule has 5 nitrogen and oxygen atoms in total. The molecular formula is C9H13N3O2. The van der Waals surface area contributed by atoms with Gasteiger partial charge in [0.15, 0.2) is 5.69 Å². The first-order valence-corrected chi connectivity index (χ1v) is 4.32. The molecule has 0 unspecified atom stereocenters. The zero-order valence-electron chi connectivity index (χ0n) is 8.44. The second-order valence-electron chi connectivity index (χ2n) is 3.09. The van der Waals surface area contributed by atoms with Gasteiger partial charge in [0.1, 0.15) is 0 Å². The summed E-state index contributed by atoms with van der Waals surface area (Å²) in [7, 11) is 1.50. The Hall–Kier alpha value is -1.65. The third kappa shape index (κ3) is 2.69. The highest BCUT2D eigenvalue weighted by Crippen LogP contribution is 2.03. The largest absolute Gasteiger partial charge is 0.480 e. The Morgan fingerprint density at radius 1 is 1.43 bits per heavy atom. The van der Waals surface area contributed by atoms with Gasteiger partial charge in [0.05, 0.1) is 7.11 Å². The molecule has 1 N–H and O–H groups in total. The van der Waals surface area contributed by atoms with Gasteiger partial charge in [-0.3, -0.25) is 4.79 Å². The molecule has 0 bridgehead atoms. The smallest absolute Gasteiger partial charge is 0.272 e. The van der Waals surface area contributed by atoms with Crippen LogP contribution in [-0.4, -0.2) is 29.3 Å². The number of carbonyl (C=O) groups is 1. The average molecular weight is 195 g/mol. The van der Waals surface area contributed by atoms with Gasteiger partial charge in [-0.2, -0.15) is 0 Å². The van der Waals surface area contributed by atoms with Crippen molar-refractivity contribution in [2.75, 3.05) is 7.11 Å². The molecule has 1 aromatic heterocycles. The lowest BCUT2D eigenvalue weighted by molar-refractivity contribution is 0.0937. The monoisotopic (exact) mass is 195 g/mol. The zero-order valence-corrected chi connectivity index (χ0v) is 8.44. The maximum atomic E-state index is 11.4. The van der Waals surface area contributed by atoms with Crippen LogP contribution >= 0.6 is 0 Å². The van der Waals surface area contributed by atoms with E-state index >= 15 is 0 Å². The molecule has 0 spiro atoms. The Bertz CT molecular complexity index is 308. The molecule has 0 aromatic carbocycles. The fourth-order valence-electron chi connectivity index (χ4n) is 0.886. The van der Waals surface area contributed by atoms with Crippen molar-refractivity contribution in [2.24, 2.45) is 0 Å². The maximum Gasteiger partial charge on any atom is 0.272 e. The predicted octanol–water partition coefficient (Wildman–Crippen LogP) is 0.623. The fourth-order valence-corrected chi connectivity index (χ4v) is 0.886. The molecule has 1 aromatic rings. The number of hydrogen-bond donors (Lipinski definition) is 1. The lowest BCUT2D eigenvalue weighted by Gasteiger charge is -2.06. The predicted molar refractivity (Wildman–Crippen MR) is 51.2 cm³/mol. The van der Waals surface area contributed by atoms with Gasteiger partial charge < -0.3 is 10.1 Å². The van der Waals surface area contributed by atoms with Crippen molar-refractivity contribution in [3.63, 3.8) is 0 Å². The minimum atomic E-state index is -0.227. The highest BCUT2D eigenvalue weighted by atomic mass is 16.5. The Labute approximate surface area is 82.5 Å². The second kappa shape index (κ2) is 4.55. The molecule has 1 heterocycles. The van der Waals surface area contributed by atoms with Crippen molar-refractivity contribution in [1.82, 2.24) is 15.5 Å². The van der Waals surface area contributed by atoms with Crippen LogP contribution in [0.5, 0.6) is 5.88 Å². The van der Waals surface area contributed by atoms with Crippen LogP contribution in [0.3, 0.4) is 0 Å². The number of nitrogens with one attached hydrogen (secondary N) is 1. The molecule has 1 amide bonds. The SMILES string of the molecule is COc1ccc(C(=O)NC(C)C)nn1. The van der Waals surface area contributed by atoms with Crippen LogP contribution in [0.1, 0.15) is 24.3 Å². The van der Waals surface area contributed by atoms with E-state index in [1.54, 1.807) is 12.1 Å². The number of hydrogen-bond acceptors (Lipinski definition) is 4. The molecule has 1 rings (SSSR count). The third-order valence-corrected chi connectivity index (χ3v) is 1.50. The van der Waals surface area contributed by atoms with Crippen molar-refractivity contribution in [2.45, 2.75) is 19.9 Å². The summed E-state index contributed by atoms with van der Waals surface area (Å²) in [5.41, 5.74) is 0.291. The lowest BCUT2D eigenvalue weighted by Crippen LogP contribution is -2.30. The van der Waals surface area contributed by atoms with E-state index in [2.05, 4.69) is 15.5 Å². The molecule has 0 aliphatic rings. The van der Waals surface area contributed by atoms with E-state index in [4.69, 9.17) is 4.74 Å². The van der Waals surface area contributed by atoms with Crippen LogP contribution < -0.4 is 10.1 Å². The number of methoxy groups -OCH3 is 1. The van der Waals surface area contributed by atoms with Gasteiger partial charge >= 0.3 is 0 Å². The summed E-state index contributed by atoms with van der Waals surface area (Å²) in [5.74, 6) is 0.168. The van der Waals surface area contributed by atoms with Crippen LogP contribution in [0.25, 0.3) is 0 Å². The van der Waals surface area contributed by atoms with Gasteiger partial charge in [-0.15, -0.1) is 10.2 Å². The normalized spacial score (nSPS) is 10.0. The molecule has 0 fully saturated rings. The molecule has 14 heavy (non-hydrogen) atoms. The Kier molecular flexibility index (Phi) is 3.39. The molecule has 0 saturated carbocycles. The van der Waals surface area contributed by atoms with Gasteiger partial charge in [0.25, 0.3) is 5.91 Å². The summed E-state index contributed by atoms with van der Waals surface area (Å²) in [5, 5.41) is 10.1. The van der Waals surface area contributed by atoms with E-state index in [1.807, 2.05) is 13.8 Å². The van der Waals surface area contributed by atoms with E-state index in [1.165, 1.54) is 7.11 Å². The number of rotatable bonds is 3. The van der Waals surface area contributed by atoms with Gasteiger partial charge in [-0.25, -0.2) is 0 Å². The lowest BCUT2D eigenvalue weighted by atomic mass is 10.3. The molecule has 0 atom stereocenters. The number of ether oxygens (including phenoxy) is 1. The van der Waals surface area contributed by atoms with E-state index in [0.717, 1.165) is 0 Å². The van der Waals surface area contributed by atoms with Crippen LogP contribution in [0.15, 0.2) is 12.1 Å². The van der Waals surface area contributed by atoms with Crippen LogP contribution in [0.2, 0.25) is 0 Å². The first-order chi connectivity index (χ1) is 6.63. The van der Waals surface area contributed by atoms with E-state index in [-0.39, 0.29) is 11.9 Å². The van der Waals surface area contributed by atoms with E-state index < -0.39 is 0 Å². The molecule has 0 saturated heterocycles. The van der Waals surface area contributed by atoms with E-state index in [0.29, 0.717) is 11.6 Å². The number of carbonyl (C=O) groups excluding carboxylic acids is 1. The molecule has 76 valence electrons.